The number of benzene rings is 2. The normalized spacial score (nSPS) is 14.2. The minimum atomic E-state index is -0.479. The summed E-state index contributed by atoms with van der Waals surface area (Å²) in [6.45, 7) is 5.07. The molecular weight excluding hydrogens is 412 g/mol. The van der Waals surface area contributed by atoms with Crippen LogP contribution >= 0.6 is 11.3 Å². The molecule has 1 aliphatic rings. The predicted octanol–water partition coefficient (Wildman–Crippen LogP) is 3.70. The first-order chi connectivity index (χ1) is 15.0. The molecule has 0 bridgehead atoms. The van der Waals surface area contributed by atoms with Gasteiger partial charge in [0.25, 0.3) is 5.91 Å². The average Bonchev–Trinajstić information content (AvgIpc) is 3.06. The molecule has 7 nitrogen and oxygen atoms in total. The lowest BCUT2D eigenvalue weighted by molar-refractivity contribution is 0.0766. The van der Waals surface area contributed by atoms with Crippen LogP contribution in [0.4, 0.5) is 5.13 Å². The van der Waals surface area contributed by atoms with Crippen LogP contribution in [0.3, 0.4) is 0 Å². The first-order valence-electron chi connectivity index (χ1n) is 10.1. The number of amides is 2. The molecule has 0 aliphatic carbocycles. The van der Waals surface area contributed by atoms with Crippen LogP contribution in [0.25, 0.3) is 0 Å². The number of hydrogen-bond donors (Lipinski definition) is 1. The highest BCUT2D eigenvalue weighted by Crippen LogP contribution is 2.24. The van der Waals surface area contributed by atoms with E-state index in [2.05, 4.69) is 15.3 Å². The molecule has 1 saturated heterocycles. The molecule has 8 heteroatoms. The van der Waals surface area contributed by atoms with Crippen molar-refractivity contribution >= 4 is 28.3 Å². The van der Waals surface area contributed by atoms with Crippen LogP contribution in [0.1, 0.15) is 32.8 Å². The van der Waals surface area contributed by atoms with Gasteiger partial charge in [-0.3, -0.25) is 9.59 Å². The fourth-order valence-corrected chi connectivity index (χ4v) is 4.33. The molecule has 31 heavy (non-hydrogen) atoms. The fraction of sp³-hybridized carbons (Fsp3) is 0.261. The van der Waals surface area contributed by atoms with Gasteiger partial charge in [-0.05, 0) is 61.9 Å². The van der Waals surface area contributed by atoms with Crippen molar-refractivity contribution in [1.29, 1.82) is 0 Å². The molecule has 2 amide bonds. The van der Waals surface area contributed by atoms with E-state index in [4.69, 9.17) is 10.5 Å². The number of anilines is 1. The lowest BCUT2D eigenvalue weighted by atomic mass is 10.2. The molecule has 1 aliphatic heterocycles. The van der Waals surface area contributed by atoms with Gasteiger partial charge >= 0.3 is 0 Å². The van der Waals surface area contributed by atoms with Gasteiger partial charge in [0, 0.05) is 42.7 Å². The van der Waals surface area contributed by atoms with Crippen molar-refractivity contribution in [3.05, 3.63) is 70.7 Å². The lowest BCUT2D eigenvalue weighted by Crippen LogP contribution is -2.35. The van der Waals surface area contributed by atoms with Crippen LogP contribution in [0.5, 0.6) is 11.5 Å². The van der Waals surface area contributed by atoms with E-state index >= 15 is 0 Å². The number of primary amides is 1. The van der Waals surface area contributed by atoms with Gasteiger partial charge in [-0.1, -0.05) is 0 Å². The van der Waals surface area contributed by atoms with E-state index in [1.165, 1.54) is 0 Å². The number of rotatable bonds is 5. The van der Waals surface area contributed by atoms with Crippen molar-refractivity contribution in [3.63, 3.8) is 0 Å². The van der Waals surface area contributed by atoms with Crippen molar-refractivity contribution in [2.45, 2.75) is 13.3 Å². The zero-order valence-corrected chi connectivity index (χ0v) is 18.1. The Morgan fingerprint density at radius 3 is 2.16 bits per heavy atom. The summed E-state index contributed by atoms with van der Waals surface area (Å²) >= 11 is 1.65. The Kier molecular flexibility index (Phi) is 6.18. The highest BCUT2D eigenvalue weighted by molar-refractivity contribution is 7.13. The second-order valence-corrected chi connectivity index (χ2v) is 8.26. The molecule has 1 fully saturated rings. The summed E-state index contributed by atoms with van der Waals surface area (Å²) in [7, 11) is 0. The van der Waals surface area contributed by atoms with Crippen LogP contribution in [0, 0.1) is 6.92 Å². The smallest absolute Gasteiger partial charge is 0.253 e. The Balaban J connectivity index is 1.37. The quantitative estimate of drug-likeness (QED) is 0.659. The predicted molar refractivity (Wildman–Crippen MR) is 121 cm³/mol. The molecule has 0 saturated carbocycles. The molecule has 0 unspecified atom stereocenters. The van der Waals surface area contributed by atoms with E-state index in [9.17, 15) is 9.59 Å². The van der Waals surface area contributed by atoms with Crippen molar-refractivity contribution in [3.8, 4) is 11.5 Å². The number of nitrogens with zero attached hydrogens (tertiary/aromatic N) is 3. The van der Waals surface area contributed by atoms with Crippen molar-refractivity contribution in [1.82, 2.24) is 9.88 Å². The first kappa shape index (κ1) is 20.9. The van der Waals surface area contributed by atoms with Crippen LogP contribution in [-0.4, -0.2) is 47.9 Å². The van der Waals surface area contributed by atoms with Gasteiger partial charge in [-0.2, -0.15) is 0 Å². The lowest BCUT2D eigenvalue weighted by Gasteiger charge is -2.22. The molecule has 4 rings (SSSR count). The highest BCUT2D eigenvalue weighted by Gasteiger charge is 2.21. The van der Waals surface area contributed by atoms with Crippen LogP contribution in [0.2, 0.25) is 0 Å². The van der Waals surface area contributed by atoms with Gasteiger partial charge in [0.15, 0.2) is 5.13 Å². The highest BCUT2D eigenvalue weighted by atomic mass is 32.1. The van der Waals surface area contributed by atoms with E-state index in [0.717, 1.165) is 36.9 Å². The van der Waals surface area contributed by atoms with Crippen molar-refractivity contribution < 1.29 is 14.3 Å². The molecule has 0 atom stereocenters. The van der Waals surface area contributed by atoms with Gasteiger partial charge in [-0.15, -0.1) is 11.3 Å². The number of thiazole rings is 1. The summed E-state index contributed by atoms with van der Waals surface area (Å²) in [4.78, 5) is 32.9. The fourth-order valence-electron chi connectivity index (χ4n) is 3.47. The Hall–Kier alpha value is -3.39. The van der Waals surface area contributed by atoms with Crippen molar-refractivity contribution in [2.75, 3.05) is 31.1 Å². The molecule has 1 aromatic heterocycles. The van der Waals surface area contributed by atoms with E-state index in [1.54, 1.807) is 59.9 Å². The maximum Gasteiger partial charge on any atom is 0.253 e. The molecule has 0 spiro atoms. The summed E-state index contributed by atoms with van der Waals surface area (Å²) in [5.41, 5.74) is 7.34. The first-order valence-corrected chi connectivity index (χ1v) is 11.0. The summed E-state index contributed by atoms with van der Waals surface area (Å²) in [6, 6.07) is 13.7. The SMILES string of the molecule is Cc1csc(N2CCCN(C(=O)c3ccc(Oc4ccc(C(N)=O)cc4)cc3)CC2)n1. The summed E-state index contributed by atoms with van der Waals surface area (Å²) < 4.78 is 5.79. The number of carbonyl (C=O) groups is 2. The Bertz CT molecular complexity index is 1060. The molecule has 3 aromatic rings. The van der Waals surface area contributed by atoms with E-state index < -0.39 is 5.91 Å². The van der Waals surface area contributed by atoms with E-state index in [1.807, 2.05) is 11.8 Å². The second-order valence-electron chi connectivity index (χ2n) is 7.42. The monoisotopic (exact) mass is 436 g/mol. The van der Waals surface area contributed by atoms with E-state index in [0.29, 0.717) is 29.2 Å². The largest absolute Gasteiger partial charge is 0.457 e. The van der Waals surface area contributed by atoms with Gasteiger partial charge in [0.2, 0.25) is 5.91 Å². The standard InChI is InChI=1S/C23H24N4O3S/c1-16-15-31-23(25-16)27-12-2-11-26(13-14-27)22(29)18-5-9-20(10-6-18)30-19-7-3-17(4-8-19)21(24)28/h3-10,15H,2,11-14H2,1H3,(H2,24,28). The second kappa shape index (κ2) is 9.18. The third-order valence-electron chi connectivity index (χ3n) is 5.14. The van der Waals surface area contributed by atoms with Gasteiger partial charge < -0.3 is 20.3 Å². The Morgan fingerprint density at radius 2 is 1.58 bits per heavy atom. The minimum absolute atomic E-state index is 0.0227. The number of hydrogen-bond acceptors (Lipinski definition) is 6. The molecule has 160 valence electrons. The number of aromatic nitrogens is 1. The van der Waals surface area contributed by atoms with Gasteiger partial charge in [-0.25, -0.2) is 4.98 Å². The number of ether oxygens (including phenoxy) is 1. The van der Waals surface area contributed by atoms with Crippen LogP contribution < -0.4 is 15.4 Å². The zero-order valence-electron chi connectivity index (χ0n) is 17.3. The third-order valence-corrected chi connectivity index (χ3v) is 6.16. The molecule has 2 aromatic carbocycles. The molecular formula is C23H24N4O3S. The molecule has 2 heterocycles. The zero-order chi connectivity index (χ0) is 21.8. The average molecular weight is 437 g/mol. The molecule has 2 N–H and O–H groups in total. The third kappa shape index (κ3) is 5.03. The van der Waals surface area contributed by atoms with Crippen molar-refractivity contribution in [2.24, 2.45) is 5.73 Å². The number of aryl methyl sites for hydroxylation is 1. The number of carbonyl (C=O) groups excluding carboxylic acids is 2. The Morgan fingerprint density at radius 1 is 0.935 bits per heavy atom. The van der Waals surface area contributed by atoms with Crippen LogP contribution in [0.15, 0.2) is 53.9 Å². The maximum atomic E-state index is 13.0. The van der Waals surface area contributed by atoms with Gasteiger partial charge in [0.1, 0.15) is 11.5 Å². The van der Waals surface area contributed by atoms with E-state index in [-0.39, 0.29) is 5.91 Å². The number of nitrogens with two attached hydrogens (primary N) is 1. The van der Waals surface area contributed by atoms with Gasteiger partial charge in [0.05, 0.1) is 5.69 Å². The minimum Gasteiger partial charge on any atom is -0.457 e. The maximum absolute atomic E-state index is 13.0. The van der Waals surface area contributed by atoms with Crippen LogP contribution in [-0.2, 0) is 0 Å². The summed E-state index contributed by atoms with van der Waals surface area (Å²) in [5.74, 6) is 0.751. The summed E-state index contributed by atoms with van der Waals surface area (Å²) in [5, 5.41) is 3.08. The Labute approximate surface area is 185 Å². The summed E-state index contributed by atoms with van der Waals surface area (Å²) in [6.07, 6.45) is 0.910. The topological polar surface area (TPSA) is 88.8 Å². The molecule has 0 radical (unpaired) electrons.